The standard InChI is InChI=1S/C15H24N2O/c1-9-5-14(10(2)18-9)15(17-16)8-13-7-11-3-4-12(13)6-11/h5,11-13,15,17H,3-4,6-8,16H2,1-2H3. The van der Waals surface area contributed by atoms with Gasteiger partial charge in [-0.15, -0.1) is 0 Å². The van der Waals surface area contributed by atoms with Gasteiger partial charge in [0, 0.05) is 11.6 Å². The van der Waals surface area contributed by atoms with Crippen LogP contribution in [0.1, 0.15) is 55.2 Å². The highest BCUT2D eigenvalue weighted by Crippen LogP contribution is 2.51. The van der Waals surface area contributed by atoms with Crippen LogP contribution in [0, 0.1) is 31.6 Å². The van der Waals surface area contributed by atoms with Crippen molar-refractivity contribution in [3.63, 3.8) is 0 Å². The van der Waals surface area contributed by atoms with Crippen molar-refractivity contribution in [1.29, 1.82) is 0 Å². The van der Waals surface area contributed by atoms with E-state index in [-0.39, 0.29) is 6.04 Å². The molecule has 2 aliphatic rings. The number of nitrogens with one attached hydrogen (secondary N) is 1. The minimum Gasteiger partial charge on any atom is -0.466 e. The molecule has 4 atom stereocenters. The molecule has 0 aliphatic heterocycles. The lowest BCUT2D eigenvalue weighted by Gasteiger charge is -2.26. The van der Waals surface area contributed by atoms with Crippen LogP contribution in [0.4, 0.5) is 0 Å². The fourth-order valence-electron chi connectivity index (χ4n) is 4.25. The first-order valence-corrected chi connectivity index (χ1v) is 7.20. The SMILES string of the molecule is Cc1cc(C(CC2CC3CCC2C3)NN)c(C)o1. The molecule has 1 aromatic rings. The van der Waals surface area contributed by atoms with Crippen LogP contribution < -0.4 is 11.3 Å². The lowest BCUT2D eigenvalue weighted by Crippen LogP contribution is -2.31. The summed E-state index contributed by atoms with van der Waals surface area (Å²) in [6, 6.07) is 2.39. The smallest absolute Gasteiger partial charge is 0.105 e. The number of hydrazine groups is 1. The molecule has 3 heteroatoms. The predicted octanol–water partition coefficient (Wildman–Crippen LogP) is 3.23. The van der Waals surface area contributed by atoms with E-state index in [1.807, 2.05) is 13.8 Å². The normalized spacial score (nSPS) is 32.1. The topological polar surface area (TPSA) is 51.2 Å². The van der Waals surface area contributed by atoms with Crippen molar-refractivity contribution in [3.05, 3.63) is 23.2 Å². The quantitative estimate of drug-likeness (QED) is 0.635. The molecule has 0 saturated heterocycles. The third kappa shape index (κ3) is 2.10. The van der Waals surface area contributed by atoms with Gasteiger partial charge >= 0.3 is 0 Å². The van der Waals surface area contributed by atoms with E-state index in [0.717, 1.165) is 35.7 Å². The third-order valence-corrected chi connectivity index (χ3v) is 5.08. The lowest BCUT2D eigenvalue weighted by molar-refractivity contribution is 0.279. The Morgan fingerprint density at radius 1 is 1.39 bits per heavy atom. The first-order valence-electron chi connectivity index (χ1n) is 7.20. The van der Waals surface area contributed by atoms with Gasteiger partial charge in [-0.2, -0.15) is 0 Å². The summed E-state index contributed by atoms with van der Waals surface area (Å²) >= 11 is 0. The Labute approximate surface area is 109 Å². The first kappa shape index (κ1) is 12.2. The molecule has 0 amide bonds. The molecule has 4 unspecified atom stereocenters. The summed E-state index contributed by atoms with van der Waals surface area (Å²) in [5.41, 5.74) is 4.25. The Hall–Kier alpha value is -0.800. The second kappa shape index (κ2) is 4.71. The Morgan fingerprint density at radius 2 is 2.22 bits per heavy atom. The molecule has 0 aromatic carbocycles. The molecule has 100 valence electrons. The second-order valence-electron chi connectivity index (χ2n) is 6.26. The Bertz CT molecular complexity index is 426. The number of hydrogen-bond acceptors (Lipinski definition) is 3. The van der Waals surface area contributed by atoms with Crippen molar-refractivity contribution in [3.8, 4) is 0 Å². The van der Waals surface area contributed by atoms with Gasteiger partial charge in [0.15, 0.2) is 0 Å². The summed E-state index contributed by atoms with van der Waals surface area (Å²) in [4.78, 5) is 0. The van der Waals surface area contributed by atoms with Crippen molar-refractivity contribution < 1.29 is 4.42 Å². The zero-order valence-corrected chi connectivity index (χ0v) is 11.4. The van der Waals surface area contributed by atoms with Gasteiger partial charge in [-0.25, -0.2) is 0 Å². The summed E-state index contributed by atoms with van der Waals surface area (Å²) in [7, 11) is 0. The molecule has 1 aromatic heterocycles. The Morgan fingerprint density at radius 3 is 2.72 bits per heavy atom. The van der Waals surface area contributed by atoms with Gasteiger partial charge in [-0.1, -0.05) is 6.42 Å². The maximum atomic E-state index is 5.77. The van der Waals surface area contributed by atoms with Crippen LogP contribution in [0.2, 0.25) is 0 Å². The lowest BCUT2D eigenvalue weighted by atomic mass is 9.83. The number of fused-ring (bicyclic) bond motifs is 2. The van der Waals surface area contributed by atoms with Crippen LogP contribution in [0.5, 0.6) is 0 Å². The van der Waals surface area contributed by atoms with Gasteiger partial charge in [0.1, 0.15) is 11.5 Å². The molecule has 2 aliphatic carbocycles. The van der Waals surface area contributed by atoms with Crippen molar-refractivity contribution in [1.82, 2.24) is 5.43 Å². The maximum Gasteiger partial charge on any atom is 0.105 e. The molecule has 1 heterocycles. The molecule has 3 nitrogen and oxygen atoms in total. The Kier molecular flexibility index (Phi) is 3.20. The Balaban J connectivity index is 1.71. The van der Waals surface area contributed by atoms with Crippen molar-refractivity contribution >= 4 is 0 Å². The highest BCUT2D eigenvalue weighted by Gasteiger charge is 2.40. The van der Waals surface area contributed by atoms with E-state index < -0.39 is 0 Å². The van der Waals surface area contributed by atoms with Crippen molar-refractivity contribution in [2.45, 2.75) is 52.0 Å². The number of furan rings is 1. The van der Waals surface area contributed by atoms with Crippen molar-refractivity contribution in [2.75, 3.05) is 0 Å². The van der Waals surface area contributed by atoms with Crippen LogP contribution in [-0.2, 0) is 0 Å². The number of rotatable bonds is 4. The van der Waals surface area contributed by atoms with E-state index in [2.05, 4.69) is 11.5 Å². The van der Waals surface area contributed by atoms with Gasteiger partial charge in [-0.05, 0) is 63.4 Å². The molecule has 3 N–H and O–H groups in total. The van der Waals surface area contributed by atoms with Crippen LogP contribution in [-0.4, -0.2) is 0 Å². The van der Waals surface area contributed by atoms with Crippen LogP contribution >= 0.6 is 0 Å². The average Bonchev–Trinajstić information content (AvgIpc) is 3.01. The highest BCUT2D eigenvalue weighted by molar-refractivity contribution is 5.24. The monoisotopic (exact) mass is 248 g/mol. The molecular formula is C15H24N2O. The van der Waals surface area contributed by atoms with E-state index in [1.54, 1.807) is 0 Å². The van der Waals surface area contributed by atoms with E-state index in [4.69, 9.17) is 10.3 Å². The second-order valence-corrected chi connectivity index (χ2v) is 6.26. The van der Waals surface area contributed by atoms with Gasteiger partial charge in [-0.3, -0.25) is 11.3 Å². The fraction of sp³-hybridized carbons (Fsp3) is 0.733. The maximum absolute atomic E-state index is 5.77. The number of aryl methyl sites for hydroxylation is 2. The summed E-state index contributed by atoms with van der Waals surface area (Å²) < 4.78 is 5.63. The van der Waals surface area contributed by atoms with E-state index in [1.165, 1.54) is 31.2 Å². The molecule has 3 rings (SSSR count). The third-order valence-electron chi connectivity index (χ3n) is 5.08. The largest absolute Gasteiger partial charge is 0.466 e. The highest BCUT2D eigenvalue weighted by atomic mass is 16.3. The minimum absolute atomic E-state index is 0.256. The van der Waals surface area contributed by atoms with E-state index >= 15 is 0 Å². The molecule has 18 heavy (non-hydrogen) atoms. The zero-order chi connectivity index (χ0) is 12.7. The molecular weight excluding hydrogens is 224 g/mol. The van der Waals surface area contributed by atoms with Crippen LogP contribution in [0.3, 0.4) is 0 Å². The van der Waals surface area contributed by atoms with Crippen LogP contribution in [0.15, 0.2) is 10.5 Å². The van der Waals surface area contributed by atoms with Gasteiger partial charge < -0.3 is 4.42 Å². The molecule has 2 bridgehead atoms. The molecule has 2 fully saturated rings. The van der Waals surface area contributed by atoms with Crippen LogP contribution in [0.25, 0.3) is 0 Å². The van der Waals surface area contributed by atoms with Crippen molar-refractivity contribution in [2.24, 2.45) is 23.6 Å². The number of hydrogen-bond donors (Lipinski definition) is 2. The van der Waals surface area contributed by atoms with Gasteiger partial charge in [0.25, 0.3) is 0 Å². The summed E-state index contributed by atoms with van der Waals surface area (Å²) in [6.45, 7) is 4.04. The van der Waals surface area contributed by atoms with E-state index in [0.29, 0.717) is 0 Å². The minimum atomic E-state index is 0.256. The fourth-order valence-corrected chi connectivity index (χ4v) is 4.25. The summed E-state index contributed by atoms with van der Waals surface area (Å²) in [5.74, 6) is 10.6. The van der Waals surface area contributed by atoms with Gasteiger partial charge in [0.2, 0.25) is 0 Å². The average molecular weight is 248 g/mol. The number of nitrogens with two attached hydrogens (primary N) is 1. The zero-order valence-electron chi connectivity index (χ0n) is 11.4. The molecule has 0 spiro atoms. The summed E-state index contributed by atoms with van der Waals surface area (Å²) in [6.07, 6.45) is 6.95. The molecule has 2 saturated carbocycles. The van der Waals surface area contributed by atoms with E-state index in [9.17, 15) is 0 Å². The predicted molar refractivity (Wildman–Crippen MR) is 71.8 cm³/mol. The first-order chi connectivity index (χ1) is 8.67. The summed E-state index contributed by atoms with van der Waals surface area (Å²) in [5, 5.41) is 0. The van der Waals surface area contributed by atoms with Gasteiger partial charge in [0.05, 0.1) is 0 Å². The molecule has 0 radical (unpaired) electrons.